The lowest BCUT2D eigenvalue weighted by Gasteiger charge is -2.34. The summed E-state index contributed by atoms with van der Waals surface area (Å²) in [6, 6.07) is 16.0. The lowest BCUT2D eigenvalue weighted by atomic mass is 9.93. The Bertz CT molecular complexity index is 1020. The molecule has 0 spiro atoms. The van der Waals surface area contributed by atoms with Crippen molar-refractivity contribution in [2.24, 2.45) is 5.92 Å². The Morgan fingerprint density at radius 2 is 1.64 bits per heavy atom. The number of carbonyl (C=O) groups excluding carboxylic acids is 2. The number of ether oxygens (including phenoxy) is 1. The number of aliphatic hydroxyl groups excluding tert-OH is 1. The Morgan fingerprint density at radius 1 is 1.06 bits per heavy atom. The van der Waals surface area contributed by atoms with Gasteiger partial charge in [-0.3, -0.25) is 9.59 Å². The largest absolute Gasteiger partial charge is 0.480 e. The van der Waals surface area contributed by atoms with E-state index in [1.54, 1.807) is 6.92 Å². The van der Waals surface area contributed by atoms with Crippen LogP contribution < -0.4 is 5.32 Å². The molecule has 8 heteroatoms. The zero-order chi connectivity index (χ0) is 23.6. The zero-order valence-electron chi connectivity index (χ0n) is 18.5. The second-order valence-corrected chi connectivity index (χ2v) is 8.77. The average molecular weight is 453 g/mol. The van der Waals surface area contributed by atoms with E-state index in [-0.39, 0.29) is 31.6 Å². The van der Waals surface area contributed by atoms with Crippen molar-refractivity contribution in [1.29, 1.82) is 0 Å². The molecular weight excluding hydrogens is 424 g/mol. The first-order chi connectivity index (χ1) is 15.8. The van der Waals surface area contributed by atoms with Gasteiger partial charge >= 0.3 is 12.1 Å². The number of benzene rings is 2. The summed E-state index contributed by atoms with van der Waals surface area (Å²) in [6.07, 6.45) is 0.761. The Kier molecular flexibility index (Phi) is 6.37. The molecule has 2 amide bonds. The van der Waals surface area contributed by atoms with Gasteiger partial charge in [0.2, 0.25) is 5.91 Å². The van der Waals surface area contributed by atoms with Gasteiger partial charge in [-0.15, -0.1) is 0 Å². The summed E-state index contributed by atoms with van der Waals surface area (Å²) in [5.41, 5.74) is 3.11. The van der Waals surface area contributed by atoms with Gasteiger partial charge in [-0.25, -0.2) is 4.79 Å². The molecule has 2 aromatic rings. The molecule has 0 radical (unpaired) electrons. The van der Waals surface area contributed by atoms with Crippen LogP contribution in [0.2, 0.25) is 0 Å². The molecule has 8 nitrogen and oxygen atoms in total. The number of nitrogens with one attached hydrogen (secondary N) is 1. The highest BCUT2D eigenvalue weighted by Crippen LogP contribution is 2.45. The molecule has 2 aliphatic rings. The molecular formula is C25H28N2O6. The predicted octanol–water partition coefficient (Wildman–Crippen LogP) is 2.60. The van der Waals surface area contributed by atoms with E-state index in [0.29, 0.717) is 0 Å². The third-order valence-corrected chi connectivity index (χ3v) is 6.53. The lowest BCUT2D eigenvalue weighted by molar-refractivity contribution is -0.148. The Labute approximate surface area is 192 Å². The standard InChI is InChI=1S/C25H28N2O6/c1-25(16-10-11-16,23(31)27(12-13-28)14-22(29)30)26-24(32)33-15-21-19-8-4-2-6-17(19)18-7-3-5-9-20(18)21/h2-9,16,21,28H,10-15H2,1H3,(H,26,32)(H,29,30). The van der Waals surface area contributed by atoms with Gasteiger partial charge < -0.3 is 25.2 Å². The van der Waals surface area contributed by atoms with Crippen molar-refractivity contribution in [1.82, 2.24) is 10.2 Å². The predicted molar refractivity (Wildman–Crippen MR) is 121 cm³/mol. The SMILES string of the molecule is CC(NC(=O)OCC1c2ccccc2-c2ccccc21)(C(=O)N(CCO)CC(=O)O)C1CC1. The van der Waals surface area contributed by atoms with E-state index in [2.05, 4.69) is 17.4 Å². The molecule has 3 N–H and O–H groups in total. The van der Waals surface area contributed by atoms with E-state index < -0.39 is 30.1 Å². The fourth-order valence-electron chi connectivity index (χ4n) is 4.70. The first-order valence-corrected chi connectivity index (χ1v) is 11.1. The second kappa shape index (κ2) is 9.23. The third-order valence-electron chi connectivity index (χ3n) is 6.53. The van der Waals surface area contributed by atoms with Crippen LogP contribution in [0, 0.1) is 5.92 Å². The molecule has 1 unspecified atom stereocenters. The van der Waals surface area contributed by atoms with Crippen molar-refractivity contribution in [3.8, 4) is 11.1 Å². The van der Waals surface area contributed by atoms with Gasteiger partial charge in [0.1, 0.15) is 18.7 Å². The van der Waals surface area contributed by atoms with Gasteiger partial charge in [0.25, 0.3) is 0 Å². The van der Waals surface area contributed by atoms with E-state index in [1.807, 2.05) is 36.4 Å². The van der Waals surface area contributed by atoms with Crippen LogP contribution in [-0.2, 0) is 14.3 Å². The van der Waals surface area contributed by atoms with E-state index in [4.69, 9.17) is 9.84 Å². The number of rotatable bonds is 9. The van der Waals surface area contributed by atoms with E-state index in [0.717, 1.165) is 40.0 Å². The molecule has 1 atom stereocenters. The number of carboxylic acid groups (broad SMARTS) is 1. The first-order valence-electron chi connectivity index (χ1n) is 11.1. The van der Waals surface area contributed by atoms with E-state index in [1.165, 1.54) is 0 Å². The molecule has 0 bridgehead atoms. The molecule has 2 aliphatic carbocycles. The number of alkyl carbamates (subject to hydrolysis) is 1. The highest BCUT2D eigenvalue weighted by atomic mass is 16.5. The number of carbonyl (C=O) groups is 3. The van der Waals surface area contributed by atoms with Gasteiger partial charge in [0.15, 0.2) is 0 Å². The van der Waals surface area contributed by atoms with E-state index in [9.17, 15) is 19.5 Å². The minimum atomic E-state index is -1.30. The first kappa shape index (κ1) is 22.8. The van der Waals surface area contributed by atoms with Crippen molar-refractivity contribution in [2.75, 3.05) is 26.3 Å². The van der Waals surface area contributed by atoms with Crippen LogP contribution in [0.25, 0.3) is 11.1 Å². The van der Waals surface area contributed by atoms with Gasteiger partial charge in [0.05, 0.1) is 6.61 Å². The van der Waals surface area contributed by atoms with E-state index >= 15 is 0 Å². The van der Waals surface area contributed by atoms with Crippen molar-refractivity contribution < 1.29 is 29.3 Å². The number of hydrogen-bond donors (Lipinski definition) is 3. The highest BCUT2D eigenvalue weighted by molar-refractivity contribution is 5.92. The maximum Gasteiger partial charge on any atom is 0.408 e. The molecule has 0 aliphatic heterocycles. The zero-order valence-corrected chi connectivity index (χ0v) is 18.5. The number of fused-ring (bicyclic) bond motifs is 3. The Hall–Kier alpha value is -3.39. The number of carboxylic acids is 1. The van der Waals surface area contributed by atoms with Crippen molar-refractivity contribution >= 4 is 18.0 Å². The van der Waals surface area contributed by atoms with Crippen LogP contribution in [0.15, 0.2) is 48.5 Å². The minimum Gasteiger partial charge on any atom is -0.480 e. The van der Waals surface area contributed by atoms with Crippen LogP contribution in [0.3, 0.4) is 0 Å². The topological polar surface area (TPSA) is 116 Å². The molecule has 0 saturated heterocycles. The molecule has 2 aromatic carbocycles. The van der Waals surface area contributed by atoms with Crippen molar-refractivity contribution in [3.63, 3.8) is 0 Å². The minimum absolute atomic E-state index is 0.107. The van der Waals surface area contributed by atoms with Crippen LogP contribution >= 0.6 is 0 Å². The molecule has 33 heavy (non-hydrogen) atoms. The summed E-state index contributed by atoms with van der Waals surface area (Å²) < 4.78 is 5.60. The number of amides is 2. The highest BCUT2D eigenvalue weighted by Gasteiger charge is 2.50. The van der Waals surface area contributed by atoms with Gasteiger partial charge in [-0.2, -0.15) is 0 Å². The van der Waals surface area contributed by atoms with Crippen LogP contribution in [0.5, 0.6) is 0 Å². The van der Waals surface area contributed by atoms with Crippen LogP contribution in [0.4, 0.5) is 4.79 Å². The number of aliphatic carboxylic acids is 1. The molecule has 4 rings (SSSR count). The van der Waals surface area contributed by atoms with Gasteiger partial charge in [-0.1, -0.05) is 48.5 Å². The summed E-state index contributed by atoms with van der Waals surface area (Å²) in [5, 5.41) is 21.1. The van der Waals surface area contributed by atoms with Crippen molar-refractivity contribution in [3.05, 3.63) is 59.7 Å². The summed E-state index contributed by atoms with van der Waals surface area (Å²) in [6.45, 7) is 0.670. The Balaban J connectivity index is 1.47. The molecule has 0 heterocycles. The summed E-state index contributed by atoms with van der Waals surface area (Å²) in [4.78, 5) is 38.2. The van der Waals surface area contributed by atoms with Crippen LogP contribution in [0.1, 0.15) is 36.8 Å². The van der Waals surface area contributed by atoms with Gasteiger partial charge in [-0.05, 0) is 47.9 Å². The monoisotopic (exact) mass is 452 g/mol. The molecule has 1 saturated carbocycles. The summed E-state index contributed by atoms with van der Waals surface area (Å²) in [7, 11) is 0. The average Bonchev–Trinajstić information content (AvgIpc) is 3.60. The second-order valence-electron chi connectivity index (χ2n) is 8.77. The number of hydrogen-bond acceptors (Lipinski definition) is 5. The van der Waals surface area contributed by atoms with Crippen LogP contribution in [-0.4, -0.2) is 64.9 Å². The molecule has 0 aromatic heterocycles. The smallest absolute Gasteiger partial charge is 0.408 e. The lowest BCUT2D eigenvalue weighted by Crippen LogP contribution is -2.60. The van der Waals surface area contributed by atoms with Gasteiger partial charge in [0, 0.05) is 12.5 Å². The maximum absolute atomic E-state index is 13.2. The summed E-state index contributed by atoms with van der Waals surface area (Å²) in [5.74, 6) is -1.93. The maximum atomic E-state index is 13.2. The summed E-state index contributed by atoms with van der Waals surface area (Å²) >= 11 is 0. The van der Waals surface area contributed by atoms with Crippen molar-refractivity contribution in [2.45, 2.75) is 31.2 Å². The molecule has 174 valence electrons. The quantitative estimate of drug-likeness (QED) is 0.539. The fraction of sp³-hybridized carbons (Fsp3) is 0.400. The normalized spacial score (nSPS) is 16.3. The third kappa shape index (κ3) is 4.57. The number of aliphatic hydroxyl groups is 1. The number of nitrogens with zero attached hydrogens (tertiary/aromatic N) is 1. The molecule has 1 fully saturated rings. The Morgan fingerprint density at radius 3 is 2.15 bits per heavy atom. The fourth-order valence-corrected chi connectivity index (χ4v) is 4.70.